The van der Waals surface area contributed by atoms with Gasteiger partial charge in [0.2, 0.25) is 0 Å². The van der Waals surface area contributed by atoms with Crippen molar-refractivity contribution >= 4 is 5.78 Å². The normalized spacial score (nSPS) is 9.83. The van der Waals surface area contributed by atoms with E-state index in [1.54, 1.807) is 13.1 Å². The van der Waals surface area contributed by atoms with Crippen molar-refractivity contribution in [3.8, 4) is 0 Å². The average molecular weight is 164 g/mol. The summed E-state index contributed by atoms with van der Waals surface area (Å²) in [7, 11) is 0. The highest BCUT2D eigenvalue weighted by molar-refractivity contribution is 5.77. The van der Waals surface area contributed by atoms with Crippen LogP contribution in [0.4, 0.5) is 0 Å². The monoisotopic (exact) mass is 164 g/mol. The number of hydrogen-bond acceptors (Lipinski definition) is 3. The van der Waals surface area contributed by atoms with Crippen LogP contribution in [-0.2, 0) is 17.6 Å². The number of aromatic nitrogens is 2. The summed E-state index contributed by atoms with van der Waals surface area (Å²) in [6.45, 7) is 3.57. The Morgan fingerprint density at radius 2 is 2.33 bits per heavy atom. The minimum Gasteiger partial charge on any atom is -0.300 e. The van der Waals surface area contributed by atoms with Crippen LogP contribution in [0.3, 0.4) is 0 Å². The summed E-state index contributed by atoms with van der Waals surface area (Å²) in [5.74, 6) is 0.727. The van der Waals surface area contributed by atoms with E-state index in [4.69, 9.17) is 0 Å². The molecule has 0 saturated heterocycles. The Kier molecular flexibility index (Phi) is 2.91. The van der Waals surface area contributed by atoms with Gasteiger partial charge in [0.1, 0.15) is 11.6 Å². The fourth-order valence-corrected chi connectivity index (χ4v) is 0.946. The van der Waals surface area contributed by atoms with Crippen LogP contribution >= 0.6 is 0 Å². The molecule has 1 heterocycles. The lowest BCUT2D eigenvalue weighted by atomic mass is 10.3. The standard InChI is InChI=1S/C9H12N2O/c1-3-8-4-5-10-9(11-8)6-7(2)12/h4-5H,3,6H2,1-2H3. The summed E-state index contributed by atoms with van der Waals surface area (Å²) in [5, 5.41) is 0. The Bertz CT molecular complexity index is 284. The molecule has 0 aliphatic carbocycles. The first-order valence-electron chi connectivity index (χ1n) is 4.02. The predicted octanol–water partition coefficient (Wildman–Crippen LogP) is 1.17. The number of aryl methyl sites for hydroxylation is 1. The van der Waals surface area contributed by atoms with Gasteiger partial charge in [-0.1, -0.05) is 6.92 Å². The molecule has 1 rings (SSSR count). The maximum Gasteiger partial charge on any atom is 0.137 e. The molecular weight excluding hydrogens is 152 g/mol. The Balaban J connectivity index is 2.79. The van der Waals surface area contributed by atoms with Crippen LogP contribution in [0.15, 0.2) is 12.3 Å². The minimum atomic E-state index is 0.100. The first-order chi connectivity index (χ1) is 5.72. The molecule has 12 heavy (non-hydrogen) atoms. The third-order valence-electron chi connectivity index (χ3n) is 1.53. The zero-order valence-corrected chi connectivity index (χ0v) is 7.37. The second-order valence-electron chi connectivity index (χ2n) is 2.70. The van der Waals surface area contributed by atoms with E-state index in [1.165, 1.54) is 0 Å². The minimum absolute atomic E-state index is 0.100. The van der Waals surface area contributed by atoms with Gasteiger partial charge in [-0.25, -0.2) is 9.97 Å². The average Bonchev–Trinajstić information content (AvgIpc) is 2.03. The van der Waals surface area contributed by atoms with Gasteiger partial charge < -0.3 is 0 Å². The van der Waals surface area contributed by atoms with Crippen LogP contribution in [0, 0.1) is 0 Å². The molecule has 0 spiro atoms. The van der Waals surface area contributed by atoms with Crippen LogP contribution in [0.1, 0.15) is 25.4 Å². The van der Waals surface area contributed by atoms with Crippen LogP contribution < -0.4 is 0 Å². The third kappa shape index (κ3) is 2.42. The lowest BCUT2D eigenvalue weighted by Crippen LogP contribution is -2.03. The lowest BCUT2D eigenvalue weighted by Gasteiger charge is -1.98. The maximum atomic E-state index is 10.7. The number of Topliss-reactive ketones (excluding diaryl/α,β-unsaturated/α-hetero) is 1. The quantitative estimate of drug-likeness (QED) is 0.673. The molecular formula is C9H12N2O. The molecule has 0 unspecified atom stereocenters. The van der Waals surface area contributed by atoms with Gasteiger partial charge in [-0.2, -0.15) is 0 Å². The Hall–Kier alpha value is -1.25. The van der Waals surface area contributed by atoms with E-state index in [9.17, 15) is 4.79 Å². The van der Waals surface area contributed by atoms with Crippen molar-refractivity contribution in [2.45, 2.75) is 26.7 Å². The van der Waals surface area contributed by atoms with Gasteiger partial charge >= 0.3 is 0 Å². The summed E-state index contributed by atoms with van der Waals surface area (Å²) < 4.78 is 0. The molecule has 64 valence electrons. The van der Waals surface area contributed by atoms with E-state index in [-0.39, 0.29) is 5.78 Å². The van der Waals surface area contributed by atoms with Gasteiger partial charge in [-0.3, -0.25) is 4.79 Å². The third-order valence-corrected chi connectivity index (χ3v) is 1.53. The van der Waals surface area contributed by atoms with Crippen LogP contribution in [0.2, 0.25) is 0 Å². The molecule has 0 fully saturated rings. The highest BCUT2D eigenvalue weighted by atomic mass is 16.1. The van der Waals surface area contributed by atoms with Crippen molar-refractivity contribution < 1.29 is 4.79 Å². The number of hydrogen-bond donors (Lipinski definition) is 0. The fourth-order valence-electron chi connectivity index (χ4n) is 0.946. The van der Waals surface area contributed by atoms with Crippen molar-refractivity contribution in [1.82, 2.24) is 9.97 Å². The molecule has 0 aliphatic heterocycles. The van der Waals surface area contributed by atoms with Gasteiger partial charge in [0, 0.05) is 11.9 Å². The van der Waals surface area contributed by atoms with Crippen LogP contribution in [-0.4, -0.2) is 15.8 Å². The second kappa shape index (κ2) is 3.95. The molecule has 0 aliphatic rings. The Morgan fingerprint density at radius 1 is 1.58 bits per heavy atom. The lowest BCUT2D eigenvalue weighted by molar-refractivity contribution is -0.116. The van der Waals surface area contributed by atoms with Crippen molar-refractivity contribution in [3.63, 3.8) is 0 Å². The Morgan fingerprint density at radius 3 is 2.92 bits per heavy atom. The van der Waals surface area contributed by atoms with Crippen molar-refractivity contribution in [2.75, 3.05) is 0 Å². The smallest absolute Gasteiger partial charge is 0.137 e. The molecule has 0 N–H and O–H groups in total. The summed E-state index contributed by atoms with van der Waals surface area (Å²) in [4.78, 5) is 18.9. The highest BCUT2D eigenvalue weighted by Crippen LogP contribution is 1.97. The van der Waals surface area contributed by atoms with Crippen molar-refractivity contribution in [2.24, 2.45) is 0 Å². The Labute approximate surface area is 71.9 Å². The van der Waals surface area contributed by atoms with E-state index in [1.807, 2.05) is 13.0 Å². The predicted molar refractivity (Wildman–Crippen MR) is 45.8 cm³/mol. The van der Waals surface area contributed by atoms with E-state index >= 15 is 0 Å². The van der Waals surface area contributed by atoms with Crippen molar-refractivity contribution in [1.29, 1.82) is 0 Å². The largest absolute Gasteiger partial charge is 0.300 e. The SMILES string of the molecule is CCc1ccnc(CC(C)=O)n1. The molecule has 1 aromatic rings. The van der Waals surface area contributed by atoms with Gasteiger partial charge in [-0.15, -0.1) is 0 Å². The molecule has 0 aromatic carbocycles. The fraction of sp³-hybridized carbons (Fsp3) is 0.444. The maximum absolute atomic E-state index is 10.7. The molecule has 0 atom stereocenters. The van der Waals surface area contributed by atoms with Gasteiger partial charge in [-0.05, 0) is 19.4 Å². The number of carbonyl (C=O) groups is 1. The van der Waals surface area contributed by atoms with E-state index in [2.05, 4.69) is 9.97 Å². The number of nitrogens with zero attached hydrogens (tertiary/aromatic N) is 2. The van der Waals surface area contributed by atoms with Crippen molar-refractivity contribution in [3.05, 3.63) is 23.8 Å². The molecule has 3 nitrogen and oxygen atoms in total. The van der Waals surface area contributed by atoms with Crippen LogP contribution in [0.5, 0.6) is 0 Å². The molecule has 3 heteroatoms. The van der Waals surface area contributed by atoms with E-state index < -0.39 is 0 Å². The first kappa shape index (κ1) is 8.84. The number of ketones is 1. The molecule has 0 saturated carbocycles. The first-order valence-corrected chi connectivity index (χ1v) is 4.02. The number of carbonyl (C=O) groups excluding carboxylic acids is 1. The van der Waals surface area contributed by atoms with E-state index in [0.29, 0.717) is 12.2 Å². The molecule has 1 aromatic heterocycles. The zero-order valence-electron chi connectivity index (χ0n) is 7.37. The summed E-state index contributed by atoms with van der Waals surface area (Å²) in [5.41, 5.74) is 0.987. The number of rotatable bonds is 3. The summed E-state index contributed by atoms with van der Waals surface area (Å²) in [6.07, 6.45) is 2.92. The summed E-state index contributed by atoms with van der Waals surface area (Å²) in [6, 6.07) is 1.86. The van der Waals surface area contributed by atoms with E-state index in [0.717, 1.165) is 12.1 Å². The second-order valence-corrected chi connectivity index (χ2v) is 2.70. The molecule has 0 bridgehead atoms. The van der Waals surface area contributed by atoms with Gasteiger partial charge in [0.15, 0.2) is 0 Å². The highest BCUT2D eigenvalue weighted by Gasteiger charge is 2.00. The zero-order chi connectivity index (χ0) is 8.97. The summed E-state index contributed by atoms with van der Waals surface area (Å²) >= 11 is 0. The van der Waals surface area contributed by atoms with Gasteiger partial charge in [0.25, 0.3) is 0 Å². The van der Waals surface area contributed by atoms with Crippen LogP contribution in [0.25, 0.3) is 0 Å². The topological polar surface area (TPSA) is 42.9 Å². The molecule has 0 radical (unpaired) electrons. The molecule has 0 amide bonds. The van der Waals surface area contributed by atoms with Gasteiger partial charge in [0.05, 0.1) is 6.42 Å².